The Kier molecular flexibility index (Phi) is 4.84. The number of carbonyl (C=O) groups is 1. The van der Waals surface area contributed by atoms with Crippen molar-refractivity contribution < 1.29 is 9.32 Å². The second-order valence-corrected chi connectivity index (χ2v) is 7.15. The minimum absolute atomic E-state index is 0.0515. The lowest BCUT2D eigenvalue weighted by molar-refractivity contribution is 0.0937. The summed E-state index contributed by atoms with van der Waals surface area (Å²) in [4.78, 5) is 20.4. The van der Waals surface area contributed by atoms with Gasteiger partial charge in [0.05, 0.1) is 0 Å². The molecule has 0 fully saturated rings. The van der Waals surface area contributed by atoms with Crippen LogP contribution in [0.1, 0.15) is 48.4 Å². The molecular weight excluding hydrogens is 328 g/mol. The van der Waals surface area contributed by atoms with Crippen LogP contribution in [0.5, 0.6) is 0 Å². The van der Waals surface area contributed by atoms with Gasteiger partial charge in [0.15, 0.2) is 0 Å². The van der Waals surface area contributed by atoms with Gasteiger partial charge in [-0.2, -0.15) is 4.98 Å². The zero-order valence-electron chi connectivity index (χ0n) is 15.3. The molecule has 2 aromatic heterocycles. The number of amides is 1. The van der Waals surface area contributed by atoms with Gasteiger partial charge >= 0.3 is 0 Å². The van der Waals surface area contributed by atoms with E-state index in [2.05, 4.69) is 32.6 Å². The van der Waals surface area contributed by atoms with Crippen LogP contribution in [0.25, 0.3) is 11.1 Å². The Labute approximate surface area is 152 Å². The summed E-state index contributed by atoms with van der Waals surface area (Å²) in [7, 11) is 0. The van der Waals surface area contributed by atoms with Crippen molar-refractivity contribution in [2.75, 3.05) is 0 Å². The molecule has 1 N–H and O–H groups in total. The third-order valence-electron chi connectivity index (χ3n) is 3.99. The molecule has 0 saturated carbocycles. The van der Waals surface area contributed by atoms with E-state index in [1.54, 1.807) is 12.4 Å². The van der Waals surface area contributed by atoms with Crippen LogP contribution in [0.2, 0.25) is 0 Å². The van der Waals surface area contributed by atoms with E-state index in [1.165, 1.54) is 0 Å². The first-order chi connectivity index (χ1) is 12.3. The normalized spacial score (nSPS) is 11.4. The number of nitrogens with zero attached hydrogens (tertiary/aromatic N) is 3. The van der Waals surface area contributed by atoms with Gasteiger partial charge in [-0.25, -0.2) is 0 Å². The molecule has 2 heterocycles. The summed E-state index contributed by atoms with van der Waals surface area (Å²) in [5.41, 5.74) is 3.86. The highest BCUT2D eigenvalue weighted by Gasteiger charge is 2.24. The van der Waals surface area contributed by atoms with Crippen LogP contribution < -0.4 is 5.32 Å². The van der Waals surface area contributed by atoms with Gasteiger partial charge in [-0.15, -0.1) is 0 Å². The van der Waals surface area contributed by atoms with Crippen LogP contribution in [0.4, 0.5) is 0 Å². The quantitative estimate of drug-likeness (QED) is 0.780. The standard InChI is InChI=1S/C20H21N4O2/c1-13-11-15(14-7-9-21-10-8-14)5-6-16(13)12-22-18(25)17-23-19(26-24-17)20(2,3)4/h5-7,9-11H,12H2,1-4H3,(H,22,25). The van der Waals surface area contributed by atoms with Gasteiger partial charge in [0.1, 0.15) is 0 Å². The molecule has 6 nitrogen and oxygen atoms in total. The Morgan fingerprint density at radius 2 is 2.08 bits per heavy atom. The van der Waals surface area contributed by atoms with Gasteiger partial charge < -0.3 is 9.84 Å². The van der Waals surface area contributed by atoms with E-state index < -0.39 is 0 Å². The Morgan fingerprint density at radius 3 is 2.69 bits per heavy atom. The summed E-state index contributed by atoms with van der Waals surface area (Å²) < 4.78 is 5.16. The van der Waals surface area contributed by atoms with Gasteiger partial charge in [0, 0.05) is 30.4 Å². The molecule has 133 valence electrons. The fraction of sp³-hybridized carbons (Fsp3) is 0.300. The number of benzene rings is 1. The van der Waals surface area contributed by atoms with Gasteiger partial charge in [0.2, 0.25) is 5.89 Å². The Bertz CT molecular complexity index is 911. The number of pyridine rings is 1. The third-order valence-corrected chi connectivity index (χ3v) is 3.99. The number of aromatic nitrogens is 3. The number of nitrogens with one attached hydrogen (secondary N) is 1. The summed E-state index contributed by atoms with van der Waals surface area (Å²) in [5.74, 6) is 0.141. The fourth-order valence-electron chi connectivity index (χ4n) is 2.43. The molecule has 0 saturated heterocycles. The SMILES string of the molecule is Cc1cc(-c2[c]cncc2)ccc1CNC(=O)c1noc(C(C)(C)C)n1. The molecule has 0 unspecified atom stereocenters. The van der Waals surface area contributed by atoms with E-state index in [1.807, 2.05) is 45.9 Å². The van der Waals surface area contributed by atoms with E-state index in [0.29, 0.717) is 12.4 Å². The number of hydrogen-bond acceptors (Lipinski definition) is 5. The lowest BCUT2D eigenvalue weighted by Gasteiger charge is -2.10. The van der Waals surface area contributed by atoms with Gasteiger partial charge in [0.25, 0.3) is 11.7 Å². The zero-order chi connectivity index (χ0) is 18.7. The minimum Gasteiger partial charge on any atom is -0.345 e. The Morgan fingerprint density at radius 1 is 1.27 bits per heavy atom. The summed E-state index contributed by atoms with van der Waals surface area (Å²) in [6.45, 7) is 8.26. The molecule has 6 heteroatoms. The highest BCUT2D eigenvalue weighted by Crippen LogP contribution is 2.22. The van der Waals surface area contributed by atoms with Crippen molar-refractivity contribution in [2.45, 2.75) is 39.7 Å². The smallest absolute Gasteiger partial charge is 0.292 e. The largest absolute Gasteiger partial charge is 0.345 e. The fourth-order valence-corrected chi connectivity index (χ4v) is 2.43. The average molecular weight is 349 g/mol. The lowest BCUT2D eigenvalue weighted by atomic mass is 9.97. The van der Waals surface area contributed by atoms with Crippen LogP contribution in [0.3, 0.4) is 0 Å². The average Bonchev–Trinajstić information content (AvgIpc) is 3.12. The van der Waals surface area contributed by atoms with Crippen LogP contribution in [0.15, 0.2) is 41.2 Å². The highest BCUT2D eigenvalue weighted by molar-refractivity contribution is 5.90. The topological polar surface area (TPSA) is 80.9 Å². The van der Waals surface area contributed by atoms with Crippen molar-refractivity contribution in [2.24, 2.45) is 0 Å². The first-order valence-corrected chi connectivity index (χ1v) is 8.38. The van der Waals surface area contributed by atoms with Crippen molar-refractivity contribution in [1.29, 1.82) is 0 Å². The van der Waals surface area contributed by atoms with E-state index in [9.17, 15) is 4.79 Å². The van der Waals surface area contributed by atoms with Crippen LogP contribution in [-0.2, 0) is 12.0 Å². The van der Waals surface area contributed by atoms with Crippen molar-refractivity contribution in [3.63, 3.8) is 0 Å². The van der Waals surface area contributed by atoms with Crippen molar-refractivity contribution in [1.82, 2.24) is 20.4 Å². The van der Waals surface area contributed by atoms with E-state index >= 15 is 0 Å². The Hall–Kier alpha value is -3.02. The first-order valence-electron chi connectivity index (χ1n) is 8.38. The molecule has 3 rings (SSSR count). The van der Waals surface area contributed by atoms with Crippen molar-refractivity contribution >= 4 is 5.91 Å². The number of carbonyl (C=O) groups excluding carboxylic acids is 1. The summed E-state index contributed by atoms with van der Waals surface area (Å²) in [6, 6.07) is 11.1. The predicted molar refractivity (Wildman–Crippen MR) is 97.4 cm³/mol. The lowest BCUT2D eigenvalue weighted by Crippen LogP contribution is -2.24. The monoisotopic (exact) mass is 349 g/mol. The second-order valence-electron chi connectivity index (χ2n) is 7.15. The number of aryl methyl sites for hydroxylation is 1. The van der Waals surface area contributed by atoms with E-state index in [0.717, 1.165) is 22.3 Å². The maximum Gasteiger partial charge on any atom is 0.292 e. The minimum atomic E-state index is -0.352. The first kappa shape index (κ1) is 17.8. The number of hydrogen-bond donors (Lipinski definition) is 1. The molecule has 0 spiro atoms. The predicted octanol–water partition coefficient (Wildman–Crippen LogP) is 3.47. The van der Waals surface area contributed by atoms with E-state index in [4.69, 9.17) is 4.52 Å². The molecule has 0 bridgehead atoms. The molecule has 26 heavy (non-hydrogen) atoms. The van der Waals surface area contributed by atoms with Gasteiger partial charge in [-0.1, -0.05) is 44.1 Å². The third kappa shape index (κ3) is 3.96. The molecular formula is C20H21N4O2. The molecule has 1 amide bonds. The second kappa shape index (κ2) is 7.07. The molecule has 1 radical (unpaired) electrons. The maximum absolute atomic E-state index is 12.2. The Balaban J connectivity index is 1.68. The van der Waals surface area contributed by atoms with Crippen molar-refractivity contribution in [3.8, 4) is 11.1 Å². The molecule has 0 aliphatic rings. The van der Waals surface area contributed by atoms with Crippen LogP contribution >= 0.6 is 0 Å². The van der Waals surface area contributed by atoms with Gasteiger partial charge in [-0.3, -0.25) is 9.78 Å². The zero-order valence-corrected chi connectivity index (χ0v) is 15.3. The molecule has 3 aromatic rings. The highest BCUT2D eigenvalue weighted by atomic mass is 16.5. The summed E-state index contributed by atoms with van der Waals surface area (Å²) >= 11 is 0. The summed E-state index contributed by atoms with van der Waals surface area (Å²) in [6.07, 6.45) is 3.39. The van der Waals surface area contributed by atoms with Gasteiger partial charge in [-0.05, 0) is 35.2 Å². The molecule has 0 aliphatic carbocycles. The van der Waals surface area contributed by atoms with Crippen LogP contribution in [-0.4, -0.2) is 21.0 Å². The summed E-state index contributed by atoms with van der Waals surface area (Å²) in [5, 5.41) is 6.60. The molecule has 0 atom stereocenters. The molecule has 1 aromatic carbocycles. The molecule has 0 aliphatic heterocycles. The van der Waals surface area contributed by atoms with Crippen molar-refractivity contribution in [3.05, 3.63) is 65.6 Å². The number of rotatable bonds is 4. The maximum atomic E-state index is 12.2. The van der Waals surface area contributed by atoms with E-state index in [-0.39, 0.29) is 17.1 Å². The van der Waals surface area contributed by atoms with Crippen LogP contribution in [0, 0.1) is 13.0 Å².